The highest BCUT2D eigenvalue weighted by Crippen LogP contribution is 2.29. The zero-order chi connectivity index (χ0) is 13.7. The van der Waals surface area contributed by atoms with E-state index in [4.69, 9.17) is 0 Å². The summed E-state index contributed by atoms with van der Waals surface area (Å²) in [4.78, 5) is 12.7. The van der Waals surface area contributed by atoms with Crippen molar-refractivity contribution in [2.24, 2.45) is 0 Å². The van der Waals surface area contributed by atoms with Crippen LogP contribution in [0.2, 0.25) is 0 Å². The summed E-state index contributed by atoms with van der Waals surface area (Å²) in [5, 5.41) is 10.9. The van der Waals surface area contributed by atoms with Crippen molar-refractivity contribution in [3.8, 4) is 0 Å². The predicted octanol–water partition coefficient (Wildman–Crippen LogP) is 3.98. The second-order valence-electron chi connectivity index (χ2n) is 4.56. The smallest absolute Gasteiger partial charge is 0.283 e. The Morgan fingerprint density at radius 2 is 2.17 bits per heavy atom. The fourth-order valence-corrected chi connectivity index (χ4v) is 2.43. The summed E-state index contributed by atoms with van der Waals surface area (Å²) in [5.74, 6) is 0. The minimum absolute atomic E-state index is 0.129. The van der Waals surface area contributed by atoms with E-state index in [9.17, 15) is 10.1 Å². The van der Waals surface area contributed by atoms with Crippen molar-refractivity contribution in [1.29, 1.82) is 0 Å². The van der Waals surface area contributed by atoms with E-state index < -0.39 is 0 Å². The Morgan fingerprint density at radius 1 is 1.50 bits per heavy atom. The average molecular weight is 315 g/mol. The van der Waals surface area contributed by atoms with Crippen LogP contribution in [0.15, 0.2) is 22.7 Å². The van der Waals surface area contributed by atoms with E-state index in [1.54, 1.807) is 6.07 Å². The standard InChI is InChI=1S/C13H19BrN2O2/c1-4-6-10(2)15(3)9-11-7-5-8-12(13(11)14)16(17)18/h5,7-8,10H,4,6,9H2,1-3H3. The van der Waals surface area contributed by atoms with E-state index >= 15 is 0 Å². The van der Waals surface area contributed by atoms with Crippen molar-refractivity contribution < 1.29 is 4.92 Å². The van der Waals surface area contributed by atoms with Crippen LogP contribution in [-0.2, 0) is 6.54 Å². The van der Waals surface area contributed by atoms with E-state index in [1.807, 2.05) is 13.1 Å². The lowest BCUT2D eigenvalue weighted by atomic mass is 10.1. The summed E-state index contributed by atoms with van der Waals surface area (Å²) < 4.78 is 0.588. The number of hydrogen-bond donors (Lipinski definition) is 0. The molecule has 0 spiro atoms. The van der Waals surface area contributed by atoms with Crippen LogP contribution >= 0.6 is 15.9 Å². The summed E-state index contributed by atoms with van der Waals surface area (Å²) in [6.07, 6.45) is 2.27. The lowest BCUT2D eigenvalue weighted by molar-refractivity contribution is -0.385. The minimum Gasteiger partial charge on any atom is -0.299 e. The molecule has 0 aliphatic rings. The molecule has 1 aromatic carbocycles. The van der Waals surface area contributed by atoms with Crippen molar-refractivity contribution >= 4 is 21.6 Å². The van der Waals surface area contributed by atoms with Crippen LogP contribution in [0.25, 0.3) is 0 Å². The van der Waals surface area contributed by atoms with Crippen molar-refractivity contribution in [1.82, 2.24) is 4.90 Å². The van der Waals surface area contributed by atoms with Crippen LogP contribution in [0.5, 0.6) is 0 Å². The largest absolute Gasteiger partial charge is 0.299 e. The Balaban J connectivity index is 2.85. The van der Waals surface area contributed by atoms with Gasteiger partial charge in [0.15, 0.2) is 0 Å². The van der Waals surface area contributed by atoms with Crippen LogP contribution < -0.4 is 0 Å². The van der Waals surface area contributed by atoms with Crippen molar-refractivity contribution in [2.75, 3.05) is 7.05 Å². The number of nitrogens with zero attached hydrogens (tertiary/aromatic N) is 2. The summed E-state index contributed by atoms with van der Waals surface area (Å²) in [7, 11) is 2.05. The van der Waals surface area contributed by atoms with E-state index in [0.29, 0.717) is 17.1 Å². The van der Waals surface area contributed by atoms with Crippen molar-refractivity contribution in [3.63, 3.8) is 0 Å². The fraction of sp³-hybridized carbons (Fsp3) is 0.538. The molecule has 0 bridgehead atoms. The molecular weight excluding hydrogens is 296 g/mol. The fourth-order valence-electron chi connectivity index (χ4n) is 1.89. The maximum Gasteiger partial charge on any atom is 0.283 e. The number of nitro groups is 1. The Morgan fingerprint density at radius 3 is 2.72 bits per heavy atom. The van der Waals surface area contributed by atoms with Gasteiger partial charge in [-0.2, -0.15) is 0 Å². The molecule has 0 aromatic heterocycles. The molecule has 1 aromatic rings. The molecule has 0 N–H and O–H groups in total. The first-order chi connectivity index (χ1) is 8.47. The number of halogens is 1. The van der Waals surface area contributed by atoms with Crippen LogP contribution in [-0.4, -0.2) is 22.9 Å². The van der Waals surface area contributed by atoms with Crippen LogP contribution in [0.1, 0.15) is 32.3 Å². The molecule has 1 atom stereocenters. The molecule has 0 heterocycles. The Kier molecular flexibility index (Phi) is 5.75. The maximum atomic E-state index is 10.9. The van der Waals surface area contributed by atoms with Gasteiger partial charge in [-0.1, -0.05) is 25.5 Å². The molecule has 0 amide bonds. The lowest BCUT2D eigenvalue weighted by Crippen LogP contribution is -2.28. The van der Waals surface area contributed by atoms with E-state index in [2.05, 4.69) is 34.7 Å². The first-order valence-electron chi connectivity index (χ1n) is 6.09. The third kappa shape index (κ3) is 3.78. The molecule has 0 saturated heterocycles. The van der Waals surface area contributed by atoms with Gasteiger partial charge in [0.25, 0.3) is 5.69 Å². The maximum absolute atomic E-state index is 10.9. The van der Waals surface area contributed by atoms with Crippen LogP contribution in [0.3, 0.4) is 0 Å². The molecule has 0 radical (unpaired) electrons. The van der Waals surface area contributed by atoms with Gasteiger partial charge in [-0.15, -0.1) is 0 Å². The third-order valence-corrected chi connectivity index (χ3v) is 4.05. The zero-order valence-electron chi connectivity index (χ0n) is 11.0. The summed E-state index contributed by atoms with van der Waals surface area (Å²) in [5.41, 5.74) is 1.08. The highest BCUT2D eigenvalue weighted by atomic mass is 79.9. The second kappa shape index (κ2) is 6.85. The molecule has 4 nitrogen and oxygen atoms in total. The molecule has 1 unspecified atom stereocenters. The van der Waals surface area contributed by atoms with Gasteiger partial charge in [0, 0.05) is 18.7 Å². The number of rotatable bonds is 6. The molecule has 0 aliphatic heterocycles. The summed E-state index contributed by atoms with van der Waals surface area (Å²) >= 11 is 3.33. The monoisotopic (exact) mass is 314 g/mol. The second-order valence-corrected chi connectivity index (χ2v) is 5.35. The molecular formula is C13H19BrN2O2. The Bertz CT molecular complexity index is 423. The van der Waals surface area contributed by atoms with Gasteiger partial charge in [0.1, 0.15) is 0 Å². The topological polar surface area (TPSA) is 46.4 Å². The predicted molar refractivity (Wildman–Crippen MR) is 76.6 cm³/mol. The molecule has 100 valence electrons. The molecule has 0 aliphatic carbocycles. The summed E-state index contributed by atoms with van der Waals surface area (Å²) in [6, 6.07) is 5.65. The minimum atomic E-state index is -0.358. The normalized spacial score (nSPS) is 12.7. The van der Waals surface area contributed by atoms with Crippen LogP contribution in [0, 0.1) is 10.1 Å². The van der Waals surface area contributed by atoms with E-state index in [0.717, 1.165) is 18.4 Å². The zero-order valence-corrected chi connectivity index (χ0v) is 12.6. The number of benzene rings is 1. The molecule has 18 heavy (non-hydrogen) atoms. The first kappa shape index (κ1) is 15.1. The van der Waals surface area contributed by atoms with Crippen molar-refractivity contribution in [3.05, 3.63) is 38.3 Å². The quantitative estimate of drug-likeness (QED) is 0.589. The highest BCUT2D eigenvalue weighted by Gasteiger charge is 2.17. The Hall–Kier alpha value is -0.940. The van der Waals surface area contributed by atoms with Gasteiger partial charge in [-0.05, 0) is 41.9 Å². The van der Waals surface area contributed by atoms with Gasteiger partial charge in [-0.3, -0.25) is 15.0 Å². The van der Waals surface area contributed by atoms with Gasteiger partial charge < -0.3 is 0 Å². The van der Waals surface area contributed by atoms with Gasteiger partial charge in [0.05, 0.1) is 9.40 Å². The summed E-state index contributed by atoms with van der Waals surface area (Å²) in [6.45, 7) is 5.05. The first-order valence-corrected chi connectivity index (χ1v) is 6.88. The van der Waals surface area contributed by atoms with Gasteiger partial charge in [0.2, 0.25) is 0 Å². The van der Waals surface area contributed by atoms with Gasteiger partial charge >= 0.3 is 0 Å². The third-order valence-electron chi connectivity index (χ3n) is 3.13. The van der Waals surface area contributed by atoms with Gasteiger partial charge in [-0.25, -0.2) is 0 Å². The Labute approximate surface area is 116 Å². The van der Waals surface area contributed by atoms with Crippen molar-refractivity contribution in [2.45, 2.75) is 39.3 Å². The molecule has 1 rings (SSSR count). The average Bonchev–Trinajstić information content (AvgIpc) is 2.31. The number of hydrogen-bond acceptors (Lipinski definition) is 3. The molecule has 0 fully saturated rings. The SMILES string of the molecule is CCCC(C)N(C)Cc1cccc([N+](=O)[O-])c1Br. The highest BCUT2D eigenvalue weighted by molar-refractivity contribution is 9.10. The molecule has 5 heteroatoms. The lowest BCUT2D eigenvalue weighted by Gasteiger charge is -2.24. The van der Waals surface area contributed by atoms with Crippen LogP contribution in [0.4, 0.5) is 5.69 Å². The molecule has 0 saturated carbocycles. The number of nitro benzene ring substituents is 1. The van der Waals surface area contributed by atoms with E-state index in [-0.39, 0.29) is 10.6 Å². The van der Waals surface area contributed by atoms with E-state index in [1.165, 1.54) is 6.07 Å².